The minimum atomic E-state index is -4.37. The third-order valence-electron chi connectivity index (χ3n) is 8.25. The normalized spacial score (nSPS) is 23.1. The Morgan fingerprint density at radius 2 is 1.44 bits per heavy atom. The van der Waals surface area contributed by atoms with Crippen molar-refractivity contribution < 1.29 is 31.9 Å². The lowest BCUT2D eigenvalue weighted by Crippen LogP contribution is -2.64. The number of benzene rings is 3. The number of hydrogen-bond donors (Lipinski definition) is 1. The van der Waals surface area contributed by atoms with Gasteiger partial charge in [0, 0.05) is 18.8 Å². The van der Waals surface area contributed by atoms with Crippen LogP contribution in [0.25, 0.3) is 0 Å². The highest BCUT2D eigenvalue weighted by molar-refractivity contribution is 5.41. The Hall–Kier alpha value is -3.62. The number of alkyl halides is 3. The van der Waals surface area contributed by atoms with E-state index in [1.54, 1.807) is 6.20 Å². The lowest BCUT2D eigenvalue weighted by atomic mass is 9.83. The molecular weight excluding hydrogens is 505 g/mol. The molecule has 3 aliphatic heterocycles. The maximum Gasteiger partial charge on any atom is 0.416 e. The van der Waals surface area contributed by atoms with Crippen molar-refractivity contribution in [1.82, 2.24) is 4.98 Å². The van der Waals surface area contributed by atoms with Crippen molar-refractivity contribution >= 4 is 0 Å². The number of hydrogen-bond acceptors (Lipinski definition) is 4. The van der Waals surface area contributed by atoms with E-state index < -0.39 is 17.3 Å². The summed E-state index contributed by atoms with van der Waals surface area (Å²) in [7, 11) is 0. The highest BCUT2D eigenvalue weighted by Crippen LogP contribution is 2.40. The molecule has 2 bridgehead atoms. The largest absolute Gasteiger partial charge is 0.484 e. The molecule has 4 aromatic rings. The number of aromatic nitrogens is 1. The summed E-state index contributed by atoms with van der Waals surface area (Å²) in [6, 6.07) is 23.7. The summed E-state index contributed by atoms with van der Waals surface area (Å²) >= 11 is 0. The molecule has 1 aromatic heterocycles. The Balaban J connectivity index is 1.22. The monoisotopic (exact) mass is 535 g/mol. The van der Waals surface area contributed by atoms with Crippen molar-refractivity contribution in [2.45, 2.75) is 37.3 Å². The van der Waals surface area contributed by atoms with Gasteiger partial charge in [0.15, 0.2) is 17.5 Å². The number of rotatable bonds is 7. The summed E-state index contributed by atoms with van der Waals surface area (Å²) in [5.74, 6) is 1.73. The first kappa shape index (κ1) is 25.6. The van der Waals surface area contributed by atoms with E-state index in [2.05, 4.69) is 4.98 Å². The third kappa shape index (κ3) is 4.94. The summed E-state index contributed by atoms with van der Waals surface area (Å²) in [5.41, 5.74) is -0.885. The predicted molar refractivity (Wildman–Crippen MR) is 139 cm³/mol. The number of halogens is 3. The minimum absolute atomic E-state index is 0.0859. The van der Waals surface area contributed by atoms with E-state index in [9.17, 15) is 18.3 Å². The molecule has 3 fully saturated rings. The van der Waals surface area contributed by atoms with Crippen LogP contribution in [0.5, 0.6) is 5.75 Å². The molecular formula is C31H30F3N2O3+. The van der Waals surface area contributed by atoms with Crippen LogP contribution >= 0.6 is 0 Å². The van der Waals surface area contributed by atoms with Crippen LogP contribution < -0.4 is 4.74 Å². The average molecular weight is 536 g/mol. The highest BCUT2D eigenvalue weighted by atomic mass is 19.4. The molecule has 0 radical (unpaired) electrons. The second kappa shape index (κ2) is 9.84. The molecule has 4 heterocycles. The van der Waals surface area contributed by atoms with Gasteiger partial charge >= 0.3 is 6.18 Å². The molecule has 202 valence electrons. The van der Waals surface area contributed by atoms with Gasteiger partial charge in [0.1, 0.15) is 18.8 Å². The van der Waals surface area contributed by atoms with Gasteiger partial charge in [-0.3, -0.25) is 0 Å². The van der Waals surface area contributed by atoms with Gasteiger partial charge < -0.3 is 18.7 Å². The maximum absolute atomic E-state index is 13.0. The van der Waals surface area contributed by atoms with Crippen LogP contribution in [0.1, 0.15) is 41.2 Å². The van der Waals surface area contributed by atoms with Crippen LogP contribution in [-0.2, 0) is 18.3 Å². The number of aliphatic hydroxyl groups is 1. The van der Waals surface area contributed by atoms with E-state index in [1.807, 2.05) is 60.7 Å². The topological polar surface area (TPSA) is 55.5 Å². The molecule has 0 aliphatic carbocycles. The summed E-state index contributed by atoms with van der Waals surface area (Å²) in [6.45, 7) is 3.28. The maximum atomic E-state index is 13.0. The van der Waals surface area contributed by atoms with Gasteiger partial charge in [-0.25, -0.2) is 4.98 Å². The Kier molecular flexibility index (Phi) is 6.47. The zero-order valence-electron chi connectivity index (χ0n) is 21.3. The quantitative estimate of drug-likeness (QED) is 0.288. The molecule has 1 unspecified atom stereocenters. The van der Waals surface area contributed by atoms with Crippen LogP contribution in [0.3, 0.4) is 0 Å². The van der Waals surface area contributed by atoms with Gasteiger partial charge in [-0.2, -0.15) is 13.2 Å². The summed E-state index contributed by atoms with van der Waals surface area (Å²) < 4.78 is 52.1. The minimum Gasteiger partial charge on any atom is -0.484 e. The molecule has 3 aromatic carbocycles. The molecule has 1 N–H and O–H groups in total. The fraction of sp³-hybridized carbons (Fsp3) is 0.323. The molecule has 7 rings (SSSR count). The number of oxazole rings is 1. The summed E-state index contributed by atoms with van der Waals surface area (Å²) in [4.78, 5) is 4.55. The smallest absolute Gasteiger partial charge is 0.416 e. The van der Waals surface area contributed by atoms with Crippen LogP contribution in [0.2, 0.25) is 0 Å². The van der Waals surface area contributed by atoms with Crippen LogP contribution in [0, 0.1) is 5.92 Å². The lowest BCUT2D eigenvalue weighted by molar-refractivity contribution is -0.958. The predicted octanol–water partition coefficient (Wildman–Crippen LogP) is 6.17. The number of quaternary nitrogens is 1. The zero-order chi connectivity index (χ0) is 27.1. The standard InChI is InChI=1S/C31H30F3N2O3/c32-31(33,34)25-11-13-26(14-12-25)38-28-21-36(17-15-22(28)16-18-36)20-27-19-35-29(39-27)30(37,23-7-3-1-4-8-23)24-9-5-2-6-10-24/h1-14,19,22,28,37H,15-18,20-21H2/q+1. The van der Waals surface area contributed by atoms with Crippen molar-refractivity contribution in [2.24, 2.45) is 5.92 Å². The van der Waals surface area contributed by atoms with E-state index in [4.69, 9.17) is 9.15 Å². The number of nitrogens with zero attached hydrogens (tertiary/aromatic N) is 2. The molecule has 39 heavy (non-hydrogen) atoms. The van der Waals surface area contributed by atoms with Crippen LogP contribution in [0.15, 0.2) is 95.5 Å². The van der Waals surface area contributed by atoms with E-state index in [1.165, 1.54) is 12.1 Å². The van der Waals surface area contributed by atoms with Gasteiger partial charge in [-0.05, 0) is 35.4 Å². The summed E-state index contributed by atoms with van der Waals surface area (Å²) in [6.07, 6.45) is -0.802. The van der Waals surface area contributed by atoms with Crippen molar-refractivity contribution in [3.05, 3.63) is 119 Å². The van der Waals surface area contributed by atoms with Crippen LogP contribution in [0.4, 0.5) is 13.2 Å². The van der Waals surface area contributed by atoms with Gasteiger partial charge in [-0.1, -0.05) is 60.7 Å². The van der Waals surface area contributed by atoms with E-state index in [-0.39, 0.29) is 12.0 Å². The van der Waals surface area contributed by atoms with E-state index in [0.717, 1.165) is 49.1 Å². The number of piperidine rings is 3. The fourth-order valence-electron chi connectivity index (χ4n) is 6.12. The van der Waals surface area contributed by atoms with Gasteiger partial charge in [0.25, 0.3) is 0 Å². The number of ether oxygens (including phenoxy) is 1. The number of fused-ring (bicyclic) bond motifs is 3. The Labute approximate surface area is 225 Å². The van der Waals surface area contributed by atoms with Gasteiger partial charge in [-0.15, -0.1) is 0 Å². The molecule has 0 saturated carbocycles. The second-order valence-corrected chi connectivity index (χ2v) is 10.7. The third-order valence-corrected chi connectivity index (χ3v) is 8.25. The Morgan fingerprint density at radius 3 is 2.00 bits per heavy atom. The first-order valence-electron chi connectivity index (χ1n) is 13.2. The molecule has 1 atom stereocenters. The Bertz CT molecular complexity index is 1360. The molecule has 0 spiro atoms. The first-order valence-corrected chi connectivity index (χ1v) is 13.2. The lowest BCUT2D eigenvalue weighted by Gasteiger charge is -2.51. The van der Waals surface area contributed by atoms with E-state index >= 15 is 0 Å². The molecule has 5 nitrogen and oxygen atoms in total. The average Bonchev–Trinajstić information content (AvgIpc) is 3.42. The summed E-state index contributed by atoms with van der Waals surface area (Å²) in [5, 5.41) is 12.0. The zero-order valence-corrected chi connectivity index (χ0v) is 21.3. The fourth-order valence-corrected chi connectivity index (χ4v) is 6.12. The van der Waals surface area contributed by atoms with Crippen molar-refractivity contribution in [3.8, 4) is 5.75 Å². The second-order valence-electron chi connectivity index (χ2n) is 10.7. The van der Waals surface area contributed by atoms with Gasteiger partial charge in [0.05, 0.1) is 24.8 Å². The van der Waals surface area contributed by atoms with Gasteiger partial charge in [0.2, 0.25) is 5.89 Å². The first-order chi connectivity index (χ1) is 18.8. The molecule has 0 amide bonds. The van der Waals surface area contributed by atoms with E-state index in [0.29, 0.717) is 35.1 Å². The van der Waals surface area contributed by atoms with Crippen LogP contribution in [-0.4, -0.2) is 40.3 Å². The molecule has 3 saturated heterocycles. The van der Waals surface area contributed by atoms with Crippen molar-refractivity contribution in [3.63, 3.8) is 0 Å². The molecule has 3 aliphatic rings. The molecule has 8 heteroatoms. The SMILES string of the molecule is OC(c1ccccc1)(c1ccccc1)c1ncc(C[N+]23CCC(CC2)C(Oc2ccc(C(F)(F)F)cc2)C3)o1. The van der Waals surface area contributed by atoms with Crippen molar-refractivity contribution in [1.29, 1.82) is 0 Å². The Morgan fingerprint density at radius 1 is 0.846 bits per heavy atom. The van der Waals surface area contributed by atoms with Crippen molar-refractivity contribution in [2.75, 3.05) is 19.6 Å². The highest BCUT2D eigenvalue weighted by Gasteiger charge is 2.48.